The van der Waals surface area contributed by atoms with Gasteiger partial charge in [-0.2, -0.15) is 8.42 Å². The summed E-state index contributed by atoms with van der Waals surface area (Å²) in [6.45, 7) is 4.63. The van der Waals surface area contributed by atoms with Crippen LogP contribution in [0.3, 0.4) is 0 Å². The van der Waals surface area contributed by atoms with E-state index in [0.29, 0.717) is 11.6 Å². The maximum atomic E-state index is 11.5. The highest BCUT2D eigenvalue weighted by molar-refractivity contribution is 7.85. The predicted octanol–water partition coefficient (Wildman–Crippen LogP) is 2.55. The molecule has 1 heterocycles. The molecule has 2 atom stereocenters. The quantitative estimate of drug-likeness (QED) is 0.466. The Balaban J connectivity index is 1.54. The Labute approximate surface area is 154 Å². The van der Waals surface area contributed by atoms with Crippen LogP contribution in [0, 0.1) is 29.1 Å². The largest absolute Gasteiger partial charge is 0.402 e. The Morgan fingerprint density at radius 2 is 2.04 bits per heavy atom. The van der Waals surface area contributed by atoms with Crippen molar-refractivity contribution in [3.05, 3.63) is 41.1 Å². The lowest BCUT2D eigenvalue weighted by Gasteiger charge is -2.76. The number of benzene rings is 1. The van der Waals surface area contributed by atoms with Crippen LogP contribution in [0.5, 0.6) is 0 Å². The SMILES string of the molecule is CC(=N)/C=C(\N)C12CC(C3CNC3c3cc(S(=O)(=O)O)ccc3C)(C1)C2. The van der Waals surface area contributed by atoms with E-state index in [1.807, 2.05) is 6.92 Å². The van der Waals surface area contributed by atoms with Crippen LogP contribution in [0.2, 0.25) is 0 Å². The lowest BCUT2D eigenvalue weighted by molar-refractivity contribution is -0.233. The first kappa shape index (κ1) is 17.7. The highest BCUT2D eigenvalue weighted by Crippen LogP contribution is 2.79. The average molecular weight is 375 g/mol. The van der Waals surface area contributed by atoms with Crippen LogP contribution in [0.25, 0.3) is 0 Å². The zero-order valence-electron chi connectivity index (χ0n) is 15.0. The Kier molecular flexibility index (Phi) is 3.68. The van der Waals surface area contributed by atoms with Crippen LogP contribution in [0.4, 0.5) is 0 Å². The topological polar surface area (TPSA) is 116 Å². The average Bonchev–Trinajstić information content (AvgIpc) is 2.39. The standard InChI is InChI=1S/C19H25N3O3S/c1-11-3-4-13(26(23,24)25)6-14(11)17-15(7-22-17)18-8-19(9-18,10-18)16(21)5-12(2)20/h3-6,15,17,20,22H,7-10,21H2,1-2H3,(H,23,24,25)/b16-5-,20-12?. The Morgan fingerprint density at radius 3 is 2.54 bits per heavy atom. The number of nitrogens with two attached hydrogens (primary N) is 1. The Morgan fingerprint density at radius 1 is 1.38 bits per heavy atom. The molecular weight excluding hydrogens is 350 g/mol. The summed E-state index contributed by atoms with van der Waals surface area (Å²) < 4.78 is 32.3. The van der Waals surface area contributed by atoms with Crippen molar-refractivity contribution in [3.8, 4) is 0 Å². The lowest BCUT2D eigenvalue weighted by Crippen LogP contribution is -2.72. The minimum absolute atomic E-state index is 0.0479. The second kappa shape index (κ2) is 5.41. The zero-order chi connectivity index (χ0) is 18.9. The molecule has 6 nitrogen and oxygen atoms in total. The number of hydrogen-bond donors (Lipinski definition) is 4. The van der Waals surface area contributed by atoms with Crippen molar-refractivity contribution < 1.29 is 13.0 Å². The molecule has 5 N–H and O–H groups in total. The summed E-state index contributed by atoms with van der Waals surface area (Å²) in [7, 11) is -4.20. The Hall–Kier alpha value is -1.70. The molecule has 0 amide bonds. The lowest BCUT2D eigenvalue weighted by atomic mass is 9.30. The van der Waals surface area contributed by atoms with Gasteiger partial charge in [-0.1, -0.05) is 6.07 Å². The summed E-state index contributed by atoms with van der Waals surface area (Å²) in [6, 6.07) is 4.92. The molecule has 3 aliphatic carbocycles. The molecule has 0 radical (unpaired) electrons. The molecule has 1 aromatic carbocycles. The molecule has 140 valence electrons. The molecule has 2 unspecified atom stereocenters. The van der Waals surface area contributed by atoms with Crippen molar-refractivity contribution >= 4 is 15.8 Å². The van der Waals surface area contributed by atoms with Crippen LogP contribution < -0.4 is 11.1 Å². The molecule has 26 heavy (non-hydrogen) atoms. The fraction of sp³-hybridized carbons (Fsp3) is 0.526. The van der Waals surface area contributed by atoms with E-state index in [2.05, 4.69) is 5.32 Å². The summed E-state index contributed by atoms with van der Waals surface area (Å²) in [4.78, 5) is -0.0479. The molecule has 4 aliphatic rings. The van der Waals surface area contributed by atoms with E-state index in [1.54, 1.807) is 25.1 Å². The molecule has 1 aromatic rings. The van der Waals surface area contributed by atoms with Crippen LogP contribution in [-0.2, 0) is 10.1 Å². The molecule has 1 saturated heterocycles. The summed E-state index contributed by atoms with van der Waals surface area (Å²) in [5.41, 5.74) is 9.87. The monoisotopic (exact) mass is 375 g/mol. The molecule has 2 bridgehead atoms. The number of rotatable bonds is 5. The minimum Gasteiger partial charge on any atom is -0.402 e. The number of allylic oxidation sites excluding steroid dienone is 2. The first-order valence-corrected chi connectivity index (χ1v) is 10.3. The molecule has 0 aromatic heterocycles. The fourth-order valence-electron chi connectivity index (χ4n) is 5.32. The van der Waals surface area contributed by atoms with Gasteiger partial charge in [-0.15, -0.1) is 0 Å². The second-order valence-corrected chi connectivity index (χ2v) is 9.86. The first-order valence-electron chi connectivity index (χ1n) is 8.91. The van der Waals surface area contributed by atoms with Crippen LogP contribution in [-0.4, -0.2) is 25.2 Å². The first-order chi connectivity index (χ1) is 12.1. The zero-order valence-corrected chi connectivity index (χ0v) is 15.9. The smallest absolute Gasteiger partial charge is 0.294 e. The summed E-state index contributed by atoms with van der Waals surface area (Å²) >= 11 is 0. The molecule has 7 heteroatoms. The van der Waals surface area contributed by atoms with Crippen molar-refractivity contribution in [2.24, 2.45) is 22.5 Å². The van der Waals surface area contributed by atoms with E-state index in [1.165, 1.54) is 6.07 Å². The third kappa shape index (κ3) is 2.45. The minimum atomic E-state index is -4.20. The van der Waals surface area contributed by atoms with Crippen molar-refractivity contribution in [1.29, 1.82) is 5.41 Å². The van der Waals surface area contributed by atoms with E-state index < -0.39 is 10.1 Å². The molecule has 1 aliphatic heterocycles. The van der Waals surface area contributed by atoms with Crippen LogP contribution in [0.1, 0.15) is 43.4 Å². The van der Waals surface area contributed by atoms with Crippen LogP contribution in [0.15, 0.2) is 34.9 Å². The predicted molar refractivity (Wildman–Crippen MR) is 99.6 cm³/mol. The number of aryl methyl sites for hydroxylation is 1. The van der Waals surface area contributed by atoms with Gasteiger partial charge in [0.2, 0.25) is 0 Å². The van der Waals surface area contributed by atoms with Crippen molar-refractivity contribution in [2.75, 3.05) is 6.54 Å². The van der Waals surface area contributed by atoms with E-state index in [-0.39, 0.29) is 21.8 Å². The molecule has 4 fully saturated rings. The fourth-order valence-corrected chi connectivity index (χ4v) is 5.83. The van der Waals surface area contributed by atoms with Crippen molar-refractivity contribution in [2.45, 2.75) is 44.0 Å². The normalized spacial score (nSPS) is 35.9. The van der Waals surface area contributed by atoms with E-state index in [0.717, 1.165) is 42.6 Å². The molecule has 3 saturated carbocycles. The van der Waals surface area contributed by atoms with Gasteiger partial charge >= 0.3 is 0 Å². The molecule has 5 rings (SSSR count). The van der Waals surface area contributed by atoms with Gasteiger partial charge in [-0.05, 0) is 73.8 Å². The number of hydrogen-bond acceptors (Lipinski definition) is 5. The van der Waals surface area contributed by atoms with Gasteiger partial charge in [-0.3, -0.25) is 4.55 Å². The maximum Gasteiger partial charge on any atom is 0.294 e. The van der Waals surface area contributed by atoms with Crippen molar-refractivity contribution in [3.63, 3.8) is 0 Å². The van der Waals surface area contributed by atoms with Gasteiger partial charge in [0.1, 0.15) is 0 Å². The van der Waals surface area contributed by atoms with Crippen molar-refractivity contribution in [1.82, 2.24) is 5.32 Å². The highest BCUT2D eigenvalue weighted by atomic mass is 32.2. The molecular formula is C19H25N3O3S. The van der Waals surface area contributed by atoms with Gasteiger partial charge in [0.25, 0.3) is 10.1 Å². The van der Waals surface area contributed by atoms with Gasteiger partial charge in [0, 0.05) is 29.4 Å². The second-order valence-electron chi connectivity index (χ2n) is 8.44. The maximum absolute atomic E-state index is 11.5. The van der Waals surface area contributed by atoms with Gasteiger partial charge < -0.3 is 16.5 Å². The van der Waals surface area contributed by atoms with Gasteiger partial charge in [0.15, 0.2) is 0 Å². The number of nitrogens with one attached hydrogen (secondary N) is 2. The summed E-state index contributed by atoms with van der Waals surface area (Å²) in [5, 5.41) is 11.1. The highest BCUT2D eigenvalue weighted by Gasteiger charge is 2.73. The van der Waals surface area contributed by atoms with Gasteiger partial charge in [0.05, 0.1) is 4.90 Å². The van der Waals surface area contributed by atoms with Crippen LogP contribution >= 0.6 is 0 Å². The summed E-state index contributed by atoms with van der Waals surface area (Å²) in [6.07, 6.45) is 4.93. The summed E-state index contributed by atoms with van der Waals surface area (Å²) in [5.74, 6) is 0.452. The molecule has 0 spiro atoms. The van der Waals surface area contributed by atoms with E-state index in [4.69, 9.17) is 11.1 Å². The Bertz CT molecular complexity index is 916. The van der Waals surface area contributed by atoms with E-state index in [9.17, 15) is 13.0 Å². The third-order valence-electron chi connectivity index (χ3n) is 6.69. The van der Waals surface area contributed by atoms with Gasteiger partial charge in [-0.25, -0.2) is 0 Å². The third-order valence-corrected chi connectivity index (χ3v) is 7.54. The van der Waals surface area contributed by atoms with E-state index >= 15 is 0 Å².